The van der Waals surface area contributed by atoms with E-state index in [0.717, 1.165) is 0 Å². The van der Waals surface area contributed by atoms with Crippen LogP contribution in [0.3, 0.4) is 0 Å². The number of aliphatic hydroxyl groups is 3. The van der Waals surface area contributed by atoms with Gasteiger partial charge in [-0.2, -0.15) is 0 Å². The van der Waals surface area contributed by atoms with Crippen LogP contribution in [0.25, 0.3) is 0 Å². The fourth-order valence-corrected chi connectivity index (χ4v) is 2.02. The Morgan fingerprint density at radius 3 is 2.44 bits per heavy atom. The highest BCUT2D eigenvalue weighted by Gasteiger charge is 2.58. The fourth-order valence-electron chi connectivity index (χ4n) is 2.02. The van der Waals surface area contributed by atoms with Crippen LogP contribution in [0.4, 0.5) is 0 Å². The number of esters is 1. The second-order valence-electron chi connectivity index (χ2n) is 4.95. The molecule has 0 saturated carbocycles. The number of carbonyl (C=O) groups excluding carboxylic acids is 1. The van der Waals surface area contributed by atoms with Gasteiger partial charge in [-0.3, -0.25) is 4.79 Å². The topological polar surface area (TPSA) is 87.0 Å². The number of hydrogen-bond donors (Lipinski definition) is 3. The Bertz CT molecular complexity index is 288. The van der Waals surface area contributed by atoms with E-state index in [0.29, 0.717) is 6.42 Å². The smallest absolute Gasteiger partial charge is 0.312 e. The van der Waals surface area contributed by atoms with Gasteiger partial charge in [0.2, 0.25) is 0 Å². The summed E-state index contributed by atoms with van der Waals surface area (Å²) >= 11 is 0. The first-order valence-corrected chi connectivity index (χ1v) is 5.48. The van der Waals surface area contributed by atoms with E-state index in [1.165, 1.54) is 20.8 Å². The third kappa shape index (κ3) is 1.83. The van der Waals surface area contributed by atoms with E-state index in [1.807, 2.05) is 0 Å². The summed E-state index contributed by atoms with van der Waals surface area (Å²) in [6.07, 6.45) is -2.15. The summed E-state index contributed by atoms with van der Waals surface area (Å²) in [5, 5.41) is 29.9. The summed E-state index contributed by atoms with van der Waals surface area (Å²) in [7, 11) is 0. The molecule has 5 nitrogen and oxygen atoms in total. The maximum Gasteiger partial charge on any atom is 0.312 e. The third-order valence-corrected chi connectivity index (χ3v) is 3.60. The van der Waals surface area contributed by atoms with Gasteiger partial charge in [-0.1, -0.05) is 6.92 Å². The minimum atomic E-state index is -1.45. The molecule has 1 aliphatic rings. The molecule has 0 aliphatic carbocycles. The van der Waals surface area contributed by atoms with Crippen LogP contribution in [0.15, 0.2) is 0 Å². The van der Waals surface area contributed by atoms with Crippen LogP contribution < -0.4 is 0 Å². The first kappa shape index (κ1) is 13.4. The minimum Gasteiger partial charge on any atom is -0.453 e. The van der Waals surface area contributed by atoms with E-state index in [1.54, 1.807) is 6.92 Å². The van der Waals surface area contributed by atoms with Gasteiger partial charge in [-0.05, 0) is 27.2 Å². The Labute approximate surface area is 95.0 Å². The molecule has 5 atom stereocenters. The van der Waals surface area contributed by atoms with Gasteiger partial charge in [0, 0.05) is 0 Å². The van der Waals surface area contributed by atoms with Crippen LogP contribution in [0.5, 0.6) is 0 Å². The van der Waals surface area contributed by atoms with Crippen molar-refractivity contribution < 1.29 is 24.9 Å². The van der Waals surface area contributed by atoms with Gasteiger partial charge in [-0.25, -0.2) is 0 Å². The molecule has 1 heterocycles. The van der Waals surface area contributed by atoms with Gasteiger partial charge < -0.3 is 20.1 Å². The average Bonchev–Trinajstić information content (AvgIpc) is 2.43. The van der Waals surface area contributed by atoms with Crippen molar-refractivity contribution in [3.8, 4) is 0 Å². The highest BCUT2D eigenvalue weighted by Crippen LogP contribution is 2.38. The molecule has 94 valence electrons. The zero-order chi connectivity index (χ0) is 12.7. The number of carbonyl (C=O) groups is 1. The van der Waals surface area contributed by atoms with Crippen LogP contribution in [-0.2, 0) is 9.53 Å². The Morgan fingerprint density at radius 2 is 2.12 bits per heavy atom. The monoisotopic (exact) mass is 232 g/mol. The summed E-state index contributed by atoms with van der Waals surface area (Å²) in [6.45, 7) is 6.13. The maximum absolute atomic E-state index is 11.3. The predicted octanol–water partition coefficient (Wildman–Crippen LogP) is -0.179. The Kier molecular flexibility index (Phi) is 3.34. The third-order valence-electron chi connectivity index (χ3n) is 3.60. The number of rotatable bonds is 3. The molecule has 0 aromatic heterocycles. The number of hydrogen-bond acceptors (Lipinski definition) is 5. The average molecular weight is 232 g/mol. The molecule has 0 aromatic rings. The second-order valence-corrected chi connectivity index (χ2v) is 4.95. The highest BCUT2D eigenvalue weighted by molar-refractivity contribution is 5.76. The van der Waals surface area contributed by atoms with Crippen molar-refractivity contribution in [3.63, 3.8) is 0 Å². The quantitative estimate of drug-likeness (QED) is 0.588. The summed E-state index contributed by atoms with van der Waals surface area (Å²) in [5.41, 5.74) is -2.85. The largest absolute Gasteiger partial charge is 0.453 e. The molecule has 0 spiro atoms. The van der Waals surface area contributed by atoms with Crippen molar-refractivity contribution >= 4 is 5.97 Å². The lowest BCUT2D eigenvalue weighted by molar-refractivity contribution is -0.195. The van der Waals surface area contributed by atoms with Gasteiger partial charge >= 0.3 is 5.97 Å². The lowest BCUT2D eigenvalue weighted by atomic mass is 9.79. The normalized spacial score (nSPS) is 40.3. The van der Waals surface area contributed by atoms with Crippen LogP contribution in [0.2, 0.25) is 0 Å². The molecule has 0 radical (unpaired) electrons. The molecule has 2 unspecified atom stereocenters. The Hall–Kier alpha value is -0.650. The van der Waals surface area contributed by atoms with Gasteiger partial charge in [0.15, 0.2) is 5.60 Å². The molecule has 5 heteroatoms. The summed E-state index contributed by atoms with van der Waals surface area (Å²) in [6, 6.07) is 0. The maximum atomic E-state index is 11.3. The van der Waals surface area contributed by atoms with Crippen LogP contribution in [-0.4, -0.2) is 44.7 Å². The van der Waals surface area contributed by atoms with Crippen molar-refractivity contribution in [3.05, 3.63) is 0 Å². The zero-order valence-corrected chi connectivity index (χ0v) is 10.1. The molecule has 0 aromatic carbocycles. The molecule has 1 fully saturated rings. The fraction of sp³-hybridized carbons (Fsp3) is 0.909. The van der Waals surface area contributed by atoms with Crippen molar-refractivity contribution in [2.75, 3.05) is 0 Å². The molecule has 1 rings (SSSR count). The molecule has 0 bridgehead atoms. The van der Waals surface area contributed by atoms with E-state index in [-0.39, 0.29) is 0 Å². The van der Waals surface area contributed by atoms with Gasteiger partial charge in [-0.15, -0.1) is 0 Å². The molecular formula is C11H20O5. The van der Waals surface area contributed by atoms with Gasteiger partial charge in [0.05, 0.1) is 11.5 Å². The van der Waals surface area contributed by atoms with Crippen molar-refractivity contribution in [1.29, 1.82) is 0 Å². The van der Waals surface area contributed by atoms with Crippen molar-refractivity contribution in [1.82, 2.24) is 0 Å². The van der Waals surface area contributed by atoms with E-state index in [4.69, 9.17) is 4.74 Å². The second kappa shape index (κ2) is 3.98. The number of aliphatic hydroxyl groups excluding tert-OH is 2. The first-order valence-electron chi connectivity index (χ1n) is 5.48. The van der Waals surface area contributed by atoms with E-state index in [9.17, 15) is 20.1 Å². The highest BCUT2D eigenvalue weighted by atomic mass is 16.6. The molecule has 16 heavy (non-hydrogen) atoms. The van der Waals surface area contributed by atoms with E-state index < -0.39 is 35.3 Å². The lowest BCUT2D eigenvalue weighted by Crippen LogP contribution is -2.58. The predicted molar refractivity (Wildman–Crippen MR) is 56.6 cm³/mol. The van der Waals surface area contributed by atoms with Crippen LogP contribution in [0, 0.1) is 5.92 Å². The zero-order valence-electron chi connectivity index (χ0n) is 10.1. The van der Waals surface area contributed by atoms with Crippen LogP contribution >= 0.6 is 0 Å². The van der Waals surface area contributed by atoms with Crippen molar-refractivity contribution in [2.24, 2.45) is 5.92 Å². The van der Waals surface area contributed by atoms with E-state index >= 15 is 0 Å². The molecule has 0 amide bonds. The minimum absolute atomic E-state index is 0.294. The molecule has 1 aliphatic heterocycles. The lowest BCUT2D eigenvalue weighted by Gasteiger charge is -2.39. The summed E-state index contributed by atoms with van der Waals surface area (Å²) < 4.78 is 5.02. The number of ether oxygens (including phenoxy) is 1. The first-order chi connectivity index (χ1) is 7.16. The molecule has 1 saturated heterocycles. The number of cyclic esters (lactones) is 1. The van der Waals surface area contributed by atoms with Gasteiger partial charge in [0.25, 0.3) is 0 Å². The Balaban J connectivity index is 2.99. The summed E-state index contributed by atoms with van der Waals surface area (Å²) in [4.78, 5) is 11.3. The standard InChI is InChI=1S/C11H20O5/c1-5-10(3,15)9(14)11(4)7(12)6(2)8(13)16-11/h6-7,9,12,14-15H,5H2,1-4H3/t6-,7+,9?,10?,11+/m0/s1. The molecule has 3 N–H and O–H groups in total. The molecular weight excluding hydrogens is 212 g/mol. The SMILES string of the molecule is CCC(C)(O)C(O)[C@]1(C)OC(=O)[C@@H](C)[C@H]1O. The van der Waals surface area contributed by atoms with E-state index in [2.05, 4.69) is 0 Å². The van der Waals surface area contributed by atoms with Crippen LogP contribution in [0.1, 0.15) is 34.1 Å². The van der Waals surface area contributed by atoms with Gasteiger partial charge in [0.1, 0.15) is 12.2 Å². The Morgan fingerprint density at radius 1 is 1.62 bits per heavy atom. The summed E-state index contributed by atoms with van der Waals surface area (Å²) in [5.74, 6) is -1.24. The van der Waals surface area contributed by atoms with Crippen molar-refractivity contribution in [2.45, 2.75) is 57.5 Å².